The van der Waals surface area contributed by atoms with Crippen LogP contribution in [-0.4, -0.2) is 14.5 Å². The van der Waals surface area contributed by atoms with Crippen LogP contribution in [-0.2, 0) is 23.1 Å². The highest BCUT2D eigenvalue weighted by molar-refractivity contribution is 7.91. The Balaban J connectivity index is 1.98. The quantitative estimate of drug-likeness (QED) is 0.821. The summed E-state index contributed by atoms with van der Waals surface area (Å²) < 4.78 is 27.3. The molecule has 0 aliphatic carbocycles. The Labute approximate surface area is 127 Å². The molecular formula is C13H18N2O2S3. The van der Waals surface area contributed by atoms with E-state index in [9.17, 15) is 8.42 Å². The molecule has 0 spiro atoms. The third-order valence-corrected chi connectivity index (χ3v) is 6.28. The molecule has 110 valence electrons. The van der Waals surface area contributed by atoms with Crippen LogP contribution in [0.5, 0.6) is 0 Å². The molecular weight excluding hydrogens is 312 g/mol. The second kappa shape index (κ2) is 6.82. The molecule has 2 rings (SSSR count). The SMILES string of the molecule is CC(C)NCc1csc(S(=O)(=O)NCc2ccsc2)c1. The van der Waals surface area contributed by atoms with E-state index in [1.807, 2.05) is 22.2 Å². The zero-order valence-electron chi connectivity index (χ0n) is 11.4. The minimum Gasteiger partial charge on any atom is -0.310 e. The maximum atomic E-state index is 12.2. The molecule has 4 nitrogen and oxygen atoms in total. The highest BCUT2D eigenvalue weighted by Gasteiger charge is 2.16. The second-order valence-electron chi connectivity index (χ2n) is 4.77. The lowest BCUT2D eigenvalue weighted by atomic mass is 10.3. The Hall–Kier alpha value is -0.730. The van der Waals surface area contributed by atoms with Crippen LogP contribution in [0.4, 0.5) is 0 Å². The summed E-state index contributed by atoms with van der Waals surface area (Å²) >= 11 is 2.82. The molecule has 2 N–H and O–H groups in total. The maximum absolute atomic E-state index is 12.2. The molecule has 7 heteroatoms. The lowest BCUT2D eigenvalue weighted by molar-refractivity contribution is 0.582. The maximum Gasteiger partial charge on any atom is 0.250 e. The van der Waals surface area contributed by atoms with Gasteiger partial charge in [0.05, 0.1) is 0 Å². The van der Waals surface area contributed by atoms with Gasteiger partial charge in [0.15, 0.2) is 0 Å². The molecule has 0 aliphatic heterocycles. The third kappa shape index (κ3) is 4.39. The van der Waals surface area contributed by atoms with Gasteiger partial charge < -0.3 is 5.32 Å². The first kappa shape index (κ1) is 15.7. The molecule has 0 bridgehead atoms. The van der Waals surface area contributed by atoms with Crippen molar-refractivity contribution < 1.29 is 8.42 Å². The van der Waals surface area contributed by atoms with E-state index in [2.05, 4.69) is 23.9 Å². The average Bonchev–Trinajstić information content (AvgIpc) is 3.05. The molecule has 2 aromatic heterocycles. The Morgan fingerprint density at radius 1 is 1.20 bits per heavy atom. The summed E-state index contributed by atoms with van der Waals surface area (Å²) in [6, 6.07) is 4.03. The van der Waals surface area contributed by atoms with Crippen molar-refractivity contribution in [2.45, 2.75) is 37.2 Å². The van der Waals surface area contributed by atoms with Crippen molar-refractivity contribution in [1.29, 1.82) is 0 Å². The summed E-state index contributed by atoms with van der Waals surface area (Å²) in [4.78, 5) is 0. The first-order valence-corrected chi connectivity index (χ1v) is 9.59. The minimum absolute atomic E-state index is 0.337. The Morgan fingerprint density at radius 2 is 2.00 bits per heavy atom. The van der Waals surface area contributed by atoms with Crippen LogP contribution >= 0.6 is 22.7 Å². The van der Waals surface area contributed by atoms with E-state index in [0.717, 1.165) is 11.1 Å². The van der Waals surface area contributed by atoms with Gasteiger partial charge >= 0.3 is 0 Å². The van der Waals surface area contributed by atoms with E-state index in [1.165, 1.54) is 11.3 Å². The predicted molar refractivity (Wildman–Crippen MR) is 84.6 cm³/mol. The van der Waals surface area contributed by atoms with E-state index < -0.39 is 10.0 Å². The van der Waals surface area contributed by atoms with Gasteiger partial charge in [-0.15, -0.1) is 11.3 Å². The lowest BCUT2D eigenvalue weighted by Crippen LogP contribution is -2.22. The number of thiophene rings is 2. The van der Waals surface area contributed by atoms with Crippen LogP contribution in [0.1, 0.15) is 25.0 Å². The first-order chi connectivity index (χ1) is 9.47. The smallest absolute Gasteiger partial charge is 0.250 e. The molecule has 0 radical (unpaired) electrons. The van der Waals surface area contributed by atoms with Crippen LogP contribution in [0.2, 0.25) is 0 Å². The van der Waals surface area contributed by atoms with Crippen LogP contribution < -0.4 is 10.0 Å². The van der Waals surface area contributed by atoms with Crippen molar-refractivity contribution >= 4 is 32.7 Å². The van der Waals surface area contributed by atoms with Crippen LogP contribution in [0, 0.1) is 0 Å². The molecule has 2 heterocycles. The topological polar surface area (TPSA) is 58.2 Å². The average molecular weight is 330 g/mol. The van der Waals surface area contributed by atoms with Crippen molar-refractivity contribution in [2.75, 3.05) is 0 Å². The van der Waals surface area contributed by atoms with Gasteiger partial charge in [-0.25, -0.2) is 13.1 Å². The van der Waals surface area contributed by atoms with Gasteiger partial charge in [-0.1, -0.05) is 13.8 Å². The van der Waals surface area contributed by atoms with Crippen LogP contribution in [0.15, 0.2) is 32.5 Å². The monoisotopic (exact) mass is 330 g/mol. The van der Waals surface area contributed by atoms with Crippen molar-refractivity contribution in [2.24, 2.45) is 0 Å². The summed E-state index contributed by atoms with van der Waals surface area (Å²) in [6.07, 6.45) is 0. The first-order valence-electron chi connectivity index (χ1n) is 6.29. The summed E-state index contributed by atoms with van der Waals surface area (Å²) in [5.74, 6) is 0. The minimum atomic E-state index is -3.41. The lowest BCUT2D eigenvalue weighted by Gasteiger charge is -2.05. The number of rotatable bonds is 7. The van der Waals surface area contributed by atoms with Gasteiger partial charge in [0.25, 0.3) is 0 Å². The summed E-state index contributed by atoms with van der Waals surface area (Å²) in [7, 11) is -3.41. The highest BCUT2D eigenvalue weighted by atomic mass is 32.2. The highest BCUT2D eigenvalue weighted by Crippen LogP contribution is 2.20. The fraction of sp³-hybridized carbons (Fsp3) is 0.385. The van der Waals surface area contributed by atoms with Gasteiger partial charge in [0, 0.05) is 19.1 Å². The number of nitrogens with one attached hydrogen (secondary N) is 2. The zero-order chi connectivity index (χ0) is 14.6. The van der Waals surface area contributed by atoms with Gasteiger partial charge in [0.1, 0.15) is 4.21 Å². The van der Waals surface area contributed by atoms with E-state index in [4.69, 9.17) is 0 Å². The summed E-state index contributed by atoms with van der Waals surface area (Å²) in [5.41, 5.74) is 1.98. The third-order valence-electron chi connectivity index (χ3n) is 2.66. The number of sulfonamides is 1. The molecule has 0 unspecified atom stereocenters. The fourth-order valence-electron chi connectivity index (χ4n) is 1.55. The molecule has 2 aromatic rings. The predicted octanol–water partition coefficient (Wildman–Crippen LogP) is 2.79. The van der Waals surface area contributed by atoms with Crippen LogP contribution in [0.25, 0.3) is 0 Å². The standard InChI is InChI=1S/C13H18N2O2S3/c1-10(2)14-6-12-5-13(19-9-12)20(16,17)15-7-11-3-4-18-8-11/h3-5,8-10,14-15H,6-7H2,1-2H3. The molecule has 0 saturated carbocycles. The van der Waals surface area contributed by atoms with Gasteiger partial charge in [-0.2, -0.15) is 11.3 Å². The molecule has 0 aromatic carbocycles. The summed E-state index contributed by atoms with van der Waals surface area (Å²) in [5, 5.41) is 9.03. The van der Waals surface area contributed by atoms with Crippen molar-refractivity contribution in [3.05, 3.63) is 39.4 Å². The molecule has 0 amide bonds. The van der Waals surface area contributed by atoms with E-state index >= 15 is 0 Å². The van der Waals surface area contributed by atoms with Crippen molar-refractivity contribution in [3.63, 3.8) is 0 Å². The van der Waals surface area contributed by atoms with Crippen LogP contribution in [0.3, 0.4) is 0 Å². The molecule has 0 aliphatic rings. The Kier molecular flexibility index (Phi) is 5.34. The van der Waals surface area contributed by atoms with Gasteiger partial charge in [-0.3, -0.25) is 0 Å². The largest absolute Gasteiger partial charge is 0.310 e. The summed E-state index contributed by atoms with van der Waals surface area (Å²) in [6.45, 7) is 5.15. The molecule has 0 atom stereocenters. The van der Waals surface area contributed by atoms with Crippen molar-refractivity contribution in [1.82, 2.24) is 10.0 Å². The fourth-order valence-corrected chi connectivity index (χ4v) is 4.49. The van der Waals surface area contributed by atoms with Gasteiger partial charge in [-0.05, 0) is 39.4 Å². The van der Waals surface area contributed by atoms with Gasteiger partial charge in [0.2, 0.25) is 10.0 Å². The number of hydrogen-bond acceptors (Lipinski definition) is 5. The van der Waals surface area contributed by atoms with E-state index in [-0.39, 0.29) is 0 Å². The Morgan fingerprint density at radius 3 is 2.65 bits per heavy atom. The molecule has 0 saturated heterocycles. The van der Waals surface area contributed by atoms with E-state index in [1.54, 1.807) is 17.4 Å². The normalized spacial score (nSPS) is 12.2. The Bertz CT molecular complexity index is 630. The molecule has 20 heavy (non-hydrogen) atoms. The second-order valence-corrected chi connectivity index (χ2v) is 8.45. The van der Waals surface area contributed by atoms with Crippen molar-refractivity contribution in [3.8, 4) is 0 Å². The number of hydrogen-bond donors (Lipinski definition) is 2. The van der Waals surface area contributed by atoms with E-state index in [0.29, 0.717) is 23.3 Å². The molecule has 0 fully saturated rings. The zero-order valence-corrected chi connectivity index (χ0v) is 13.9.